The van der Waals surface area contributed by atoms with Crippen molar-refractivity contribution >= 4 is 23.2 Å². The Bertz CT molecular complexity index is 428. The zero-order chi connectivity index (χ0) is 12.7. The number of benzene rings is 1. The van der Waals surface area contributed by atoms with E-state index in [9.17, 15) is 5.11 Å². The molecule has 0 spiro atoms. The van der Waals surface area contributed by atoms with Gasteiger partial charge in [-0.15, -0.1) is 0 Å². The van der Waals surface area contributed by atoms with Crippen molar-refractivity contribution in [3.8, 4) is 0 Å². The fourth-order valence-corrected chi connectivity index (χ4v) is 3.25. The first-order valence-corrected chi connectivity index (χ1v) is 6.80. The quantitative estimate of drug-likeness (QED) is 0.780. The highest BCUT2D eigenvalue weighted by Crippen LogP contribution is 2.51. The van der Waals surface area contributed by atoms with Gasteiger partial charge in [0.25, 0.3) is 0 Å². The van der Waals surface area contributed by atoms with Crippen LogP contribution in [-0.4, -0.2) is 5.11 Å². The number of hydrogen-bond donors (Lipinski definition) is 1. The van der Waals surface area contributed by atoms with Crippen LogP contribution in [-0.2, 0) is 5.60 Å². The highest BCUT2D eigenvalue weighted by Gasteiger charge is 2.47. The van der Waals surface area contributed by atoms with Gasteiger partial charge in [0.15, 0.2) is 0 Å². The van der Waals surface area contributed by atoms with Crippen molar-refractivity contribution in [3.63, 3.8) is 0 Å². The van der Waals surface area contributed by atoms with Crippen LogP contribution in [0.3, 0.4) is 0 Å². The third-order valence-corrected chi connectivity index (χ3v) is 4.65. The van der Waals surface area contributed by atoms with E-state index in [0.29, 0.717) is 10.0 Å². The van der Waals surface area contributed by atoms with Crippen molar-refractivity contribution in [1.82, 2.24) is 0 Å². The Kier molecular flexibility index (Phi) is 3.46. The van der Waals surface area contributed by atoms with Crippen LogP contribution < -0.4 is 0 Å². The van der Waals surface area contributed by atoms with E-state index in [1.54, 1.807) is 18.2 Å². The molecule has 1 atom stereocenters. The number of halogens is 2. The van der Waals surface area contributed by atoms with Gasteiger partial charge in [0, 0.05) is 15.6 Å². The molecule has 94 valence electrons. The summed E-state index contributed by atoms with van der Waals surface area (Å²) < 4.78 is 0. The average Bonchev–Trinajstić information content (AvgIpc) is 2.26. The van der Waals surface area contributed by atoms with Gasteiger partial charge in [0.2, 0.25) is 0 Å². The zero-order valence-electron chi connectivity index (χ0n) is 10.3. The summed E-state index contributed by atoms with van der Waals surface area (Å²) in [4.78, 5) is 0. The predicted octanol–water partition coefficient (Wildman–Crippen LogP) is 4.78. The second-order valence-electron chi connectivity index (χ2n) is 5.58. The van der Waals surface area contributed by atoms with Crippen LogP contribution in [0.1, 0.15) is 45.1 Å². The Morgan fingerprint density at radius 2 is 1.76 bits per heavy atom. The molecule has 1 saturated carbocycles. The van der Waals surface area contributed by atoms with Gasteiger partial charge < -0.3 is 5.11 Å². The monoisotopic (exact) mass is 272 g/mol. The van der Waals surface area contributed by atoms with Crippen LogP contribution in [0.25, 0.3) is 0 Å². The van der Waals surface area contributed by atoms with E-state index < -0.39 is 5.60 Å². The lowest BCUT2D eigenvalue weighted by Gasteiger charge is -2.47. The molecule has 1 fully saturated rings. The summed E-state index contributed by atoms with van der Waals surface area (Å²) in [7, 11) is 0. The zero-order valence-corrected chi connectivity index (χ0v) is 11.8. The maximum Gasteiger partial charge on any atom is 0.0962 e. The second-order valence-corrected chi connectivity index (χ2v) is 6.42. The van der Waals surface area contributed by atoms with Crippen LogP contribution in [0.5, 0.6) is 0 Å². The first-order chi connectivity index (χ1) is 7.87. The minimum atomic E-state index is -0.868. The van der Waals surface area contributed by atoms with Crippen molar-refractivity contribution in [2.45, 2.75) is 45.1 Å². The van der Waals surface area contributed by atoms with Crippen LogP contribution in [0, 0.1) is 5.41 Å². The Labute approximate surface area is 113 Å². The molecule has 1 aromatic rings. The number of hydrogen-bond acceptors (Lipinski definition) is 1. The summed E-state index contributed by atoms with van der Waals surface area (Å²) in [6, 6.07) is 5.32. The third kappa shape index (κ3) is 2.21. The van der Waals surface area contributed by atoms with Crippen molar-refractivity contribution in [2.24, 2.45) is 5.41 Å². The molecule has 0 heterocycles. The second kappa shape index (κ2) is 4.46. The molecule has 0 saturated heterocycles. The molecule has 1 aromatic carbocycles. The van der Waals surface area contributed by atoms with Gasteiger partial charge in [-0.1, -0.05) is 49.9 Å². The highest BCUT2D eigenvalue weighted by atomic mass is 35.5. The molecule has 1 unspecified atom stereocenters. The molecule has 0 bridgehead atoms. The van der Waals surface area contributed by atoms with E-state index in [-0.39, 0.29) is 5.41 Å². The Balaban J connectivity index is 2.52. The molecular formula is C14H18Cl2O. The van der Waals surface area contributed by atoms with Crippen LogP contribution >= 0.6 is 23.2 Å². The van der Waals surface area contributed by atoms with E-state index >= 15 is 0 Å². The van der Waals surface area contributed by atoms with Crippen molar-refractivity contribution < 1.29 is 5.11 Å². The van der Waals surface area contributed by atoms with Gasteiger partial charge in [-0.25, -0.2) is 0 Å². The van der Waals surface area contributed by atoms with Crippen LogP contribution in [0.15, 0.2) is 18.2 Å². The SMILES string of the molecule is CC1(C)CCCCC1(O)c1cc(Cl)ccc1Cl. The molecule has 0 amide bonds. The van der Waals surface area contributed by atoms with Crippen molar-refractivity contribution in [2.75, 3.05) is 0 Å². The molecule has 0 aromatic heterocycles. The molecule has 1 N–H and O–H groups in total. The van der Waals surface area contributed by atoms with Gasteiger partial charge >= 0.3 is 0 Å². The van der Waals surface area contributed by atoms with E-state index in [1.807, 2.05) is 0 Å². The smallest absolute Gasteiger partial charge is 0.0962 e. The van der Waals surface area contributed by atoms with E-state index in [2.05, 4.69) is 13.8 Å². The van der Waals surface area contributed by atoms with Gasteiger partial charge in [-0.2, -0.15) is 0 Å². The summed E-state index contributed by atoms with van der Waals surface area (Å²) in [5.41, 5.74) is -0.261. The lowest BCUT2D eigenvalue weighted by atomic mass is 9.62. The fraction of sp³-hybridized carbons (Fsp3) is 0.571. The molecule has 3 heteroatoms. The summed E-state index contributed by atoms with van der Waals surface area (Å²) in [6.07, 6.45) is 3.95. The molecule has 1 aliphatic rings. The average molecular weight is 273 g/mol. The standard InChI is InChI=1S/C14H18Cl2O/c1-13(2)7-3-4-8-14(13,17)11-9-10(15)5-6-12(11)16/h5-6,9,17H,3-4,7-8H2,1-2H3. The summed E-state index contributed by atoms with van der Waals surface area (Å²) >= 11 is 12.2. The Morgan fingerprint density at radius 3 is 2.41 bits per heavy atom. The molecular weight excluding hydrogens is 255 g/mol. The molecule has 1 nitrogen and oxygen atoms in total. The van der Waals surface area contributed by atoms with Gasteiger partial charge in [-0.3, -0.25) is 0 Å². The number of rotatable bonds is 1. The van der Waals surface area contributed by atoms with Gasteiger partial charge in [0.05, 0.1) is 5.60 Å². The summed E-state index contributed by atoms with van der Waals surface area (Å²) in [5.74, 6) is 0. The van der Waals surface area contributed by atoms with Crippen molar-refractivity contribution in [1.29, 1.82) is 0 Å². The highest BCUT2D eigenvalue weighted by molar-refractivity contribution is 6.33. The van der Waals surface area contributed by atoms with Crippen LogP contribution in [0.4, 0.5) is 0 Å². The predicted molar refractivity (Wildman–Crippen MR) is 72.6 cm³/mol. The Hall–Kier alpha value is -0.240. The minimum Gasteiger partial charge on any atom is -0.385 e. The maximum atomic E-state index is 11.0. The lowest BCUT2D eigenvalue weighted by Crippen LogP contribution is -2.44. The topological polar surface area (TPSA) is 20.2 Å². The first-order valence-electron chi connectivity index (χ1n) is 6.05. The van der Waals surface area contributed by atoms with E-state index in [1.165, 1.54) is 0 Å². The largest absolute Gasteiger partial charge is 0.385 e. The third-order valence-electron chi connectivity index (χ3n) is 4.08. The fourth-order valence-electron chi connectivity index (χ4n) is 2.81. The summed E-state index contributed by atoms with van der Waals surface area (Å²) in [6.45, 7) is 4.20. The lowest BCUT2D eigenvalue weighted by molar-refractivity contribution is -0.103. The van der Waals surface area contributed by atoms with Gasteiger partial charge in [0.1, 0.15) is 0 Å². The number of aliphatic hydroxyl groups is 1. The van der Waals surface area contributed by atoms with Crippen molar-refractivity contribution in [3.05, 3.63) is 33.8 Å². The summed E-state index contributed by atoms with van der Waals surface area (Å²) in [5, 5.41) is 12.3. The van der Waals surface area contributed by atoms with Crippen LogP contribution in [0.2, 0.25) is 10.0 Å². The normalized spacial score (nSPS) is 28.1. The molecule has 0 radical (unpaired) electrons. The molecule has 1 aliphatic carbocycles. The first kappa shape index (κ1) is 13.2. The molecule has 0 aliphatic heterocycles. The van der Waals surface area contributed by atoms with Gasteiger partial charge in [-0.05, 0) is 36.5 Å². The molecule has 2 rings (SSSR count). The minimum absolute atomic E-state index is 0.167. The maximum absolute atomic E-state index is 11.0. The van der Waals surface area contributed by atoms with E-state index in [0.717, 1.165) is 31.2 Å². The van der Waals surface area contributed by atoms with E-state index in [4.69, 9.17) is 23.2 Å². The molecule has 17 heavy (non-hydrogen) atoms. The Morgan fingerprint density at radius 1 is 1.12 bits per heavy atom.